The number of benzene rings is 2. The first-order valence-corrected chi connectivity index (χ1v) is 12.7. The number of carbonyl (C=O) groups excluding carboxylic acids is 3. The molecule has 1 fully saturated rings. The molecule has 1 saturated heterocycles. The molecule has 0 aliphatic carbocycles. The van der Waals surface area contributed by atoms with Gasteiger partial charge < -0.3 is 9.64 Å². The second-order valence-corrected chi connectivity index (χ2v) is 10.4. The van der Waals surface area contributed by atoms with Gasteiger partial charge in [-0.25, -0.2) is 22.9 Å². The summed E-state index contributed by atoms with van der Waals surface area (Å²) in [7, 11) is -5.63. The van der Waals surface area contributed by atoms with Crippen LogP contribution in [-0.2, 0) is 37.1 Å². The molecule has 0 atom stereocenters. The maximum Gasteiger partial charge on any atom is 0.501 e. The molecule has 16 heteroatoms. The molecule has 3 amide bonds. The molecule has 2 heterocycles. The Morgan fingerprint density at radius 2 is 1.62 bits per heavy atom. The van der Waals surface area contributed by atoms with Crippen LogP contribution in [0.2, 0.25) is 0 Å². The van der Waals surface area contributed by atoms with Gasteiger partial charge in [0.05, 0.1) is 22.7 Å². The van der Waals surface area contributed by atoms with E-state index in [9.17, 15) is 49.1 Å². The Balaban J connectivity index is 1.55. The van der Waals surface area contributed by atoms with E-state index in [1.165, 1.54) is 12.3 Å². The van der Waals surface area contributed by atoms with E-state index in [0.29, 0.717) is 39.1 Å². The number of hydrogen-bond donors (Lipinski definition) is 0. The number of aromatic nitrogens is 1. The number of sulfone groups is 1. The zero-order valence-electron chi connectivity index (χ0n) is 20.0. The topological polar surface area (TPSA) is 114 Å². The Kier molecular flexibility index (Phi) is 7.49. The standard InChI is InChI=1S/C24H17F6N3O6S/c25-23(26,27)21(35)39-11-9-14-2-1-3-18-20(14)15(8-10-31-18)12-32-13-19(34)33(22(32)36)16-4-6-17(7-5-16)40(37,38)24(28,29)30/h1-8,10H,9,11-13H2. The summed E-state index contributed by atoms with van der Waals surface area (Å²) in [6.45, 7) is -1.16. The van der Waals surface area contributed by atoms with Crippen LogP contribution in [0.4, 0.5) is 36.8 Å². The molecule has 0 bridgehead atoms. The lowest BCUT2D eigenvalue weighted by Gasteiger charge is -2.19. The number of alkyl halides is 6. The van der Waals surface area contributed by atoms with Gasteiger partial charge in [0.25, 0.3) is 15.7 Å². The van der Waals surface area contributed by atoms with E-state index in [4.69, 9.17) is 0 Å². The van der Waals surface area contributed by atoms with Crippen LogP contribution in [-0.4, -0.2) is 61.0 Å². The minimum atomic E-state index is -5.63. The molecule has 3 aromatic rings. The van der Waals surface area contributed by atoms with Crippen molar-refractivity contribution < 1.29 is 53.9 Å². The first-order chi connectivity index (χ1) is 18.6. The van der Waals surface area contributed by atoms with E-state index < -0.39 is 57.5 Å². The van der Waals surface area contributed by atoms with Crippen LogP contribution in [0.1, 0.15) is 11.1 Å². The van der Waals surface area contributed by atoms with E-state index in [2.05, 4.69) is 9.72 Å². The number of nitrogens with zero attached hydrogens (tertiary/aromatic N) is 3. The number of fused-ring (bicyclic) bond motifs is 1. The summed E-state index contributed by atoms with van der Waals surface area (Å²) in [5, 5.41) is 0.466. The summed E-state index contributed by atoms with van der Waals surface area (Å²) in [5.41, 5.74) is -4.32. The number of anilines is 1. The van der Waals surface area contributed by atoms with Crippen LogP contribution >= 0.6 is 0 Å². The Morgan fingerprint density at radius 3 is 2.25 bits per heavy atom. The third-order valence-electron chi connectivity index (χ3n) is 5.88. The zero-order valence-corrected chi connectivity index (χ0v) is 20.8. The molecule has 1 aliphatic heterocycles. The van der Waals surface area contributed by atoms with E-state index in [0.717, 1.165) is 17.0 Å². The maximum absolute atomic E-state index is 13.1. The normalized spacial score (nSPS) is 14.8. The molecule has 0 N–H and O–H groups in total. The quantitative estimate of drug-likeness (QED) is 0.231. The van der Waals surface area contributed by atoms with Crippen molar-refractivity contribution in [3.8, 4) is 0 Å². The number of carbonyl (C=O) groups is 3. The van der Waals surface area contributed by atoms with Crippen LogP contribution < -0.4 is 4.90 Å². The minimum absolute atomic E-state index is 0.107. The number of hydrogen-bond acceptors (Lipinski definition) is 7. The third-order valence-corrected chi connectivity index (χ3v) is 7.39. The minimum Gasteiger partial charge on any atom is -0.459 e. The van der Waals surface area contributed by atoms with Gasteiger partial charge in [-0.1, -0.05) is 12.1 Å². The van der Waals surface area contributed by atoms with Crippen LogP contribution in [0.25, 0.3) is 10.9 Å². The monoisotopic (exact) mass is 589 g/mol. The molecule has 0 spiro atoms. The Labute approximate surface area is 221 Å². The first kappa shape index (κ1) is 28.8. The second-order valence-electron chi connectivity index (χ2n) is 8.48. The van der Waals surface area contributed by atoms with Crippen LogP contribution in [0.3, 0.4) is 0 Å². The molecule has 9 nitrogen and oxygen atoms in total. The molecule has 0 saturated carbocycles. The van der Waals surface area contributed by atoms with Gasteiger partial charge in [-0.3, -0.25) is 9.78 Å². The molecule has 40 heavy (non-hydrogen) atoms. The lowest BCUT2D eigenvalue weighted by molar-refractivity contribution is -0.199. The lowest BCUT2D eigenvalue weighted by Crippen LogP contribution is -2.33. The number of amides is 3. The molecular weight excluding hydrogens is 572 g/mol. The third kappa shape index (κ3) is 5.57. The number of esters is 1. The molecule has 212 valence electrons. The molecule has 1 aliphatic rings. The Hall–Kier alpha value is -4.21. The summed E-state index contributed by atoms with van der Waals surface area (Å²) in [4.78, 5) is 41.7. The van der Waals surface area contributed by atoms with Crippen molar-refractivity contribution in [2.75, 3.05) is 18.1 Å². The second kappa shape index (κ2) is 10.4. The molecule has 2 aromatic carbocycles. The number of ether oxygens (including phenoxy) is 1. The average molecular weight is 589 g/mol. The predicted molar refractivity (Wildman–Crippen MR) is 125 cm³/mol. The summed E-state index contributed by atoms with van der Waals surface area (Å²) < 4.78 is 103. The van der Waals surface area contributed by atoms with Gasteiger partial charge in [-0.2, -0.15) is 26.3 Å². The molecule has 0 radical (unpaired) electrons. The van der Waals surface area contributed by atoms with Gasteiger partial charge in [-0.05, 0) is 47.5 Å². The highest BCUT2D eigenvalue weighted by Gasteiger charge is 2.47. The highest BCUT2D eigenvalue weighted by Crippen LogP contribution is 2.32. The highest BCUT2D eigenvalue weighted by atomic mass is 32.2. The van der Waals surface area contributed by atoms with Gasteiger partial charge in [-0.15, -0.1) is 0 Å². The summed E-state index contributed by atoms with van der Waals surface area (Å²) >= 11 is 0. The number of rotatable bonds is 7. The van der Waals surface area contributed by atoms with Gasteiger partial charge in [0, 0.05) is 24.5 Å². The van der Waals surface area contributed by atoms with Crippen molar-refractivity contribution in [1.29, 1.82) is 0 Å². The fraction of sp³-hybridized carbons (Fsp3) is 0.250. The van der Waals surface area contributed by atoms with Crippen molar-refractivity contribution in [1.82, 2.24) is 9.88 Å². The summed E-state index contributed by atoms with van der Waals surface area (Å²) in [6, 6.07) is 8.56. The van der Waals surface area contributed by atoms with Crippen molar-refractivity contribution in [3.05, 3.63) is 65.9 Å². The fourth-order valence-corrected chi connectivity index (χ4v) is 4.83. The van der Waals surface area contributed by atoms with E-state index in [1.54, 1.807) is 18.2 Å². The van der Waals surface area contributed by atoms with Gasteiger partial charge in [0.15, 0.2) is 0 Å². The molecule has 4 rings (SSSR count). The van der Waals surface area contributed by atoms with Gasteiger partial charge in [0.2, 0.25) is 0 Å². The Bertz CT molecular complexity index is 1580. The smallest absolute Gasteiger partial charge is 0.459 e. The largest absolute Gasteiger partial charge is 0.501 e. The number of imide groups is 1. The number of urea groups is 1. The molecule has 1 aromatic heterocycles. The van der Waals surface area contributed by atoms with E-state index >= 15 is 0 Å². The maximum atomic E-state index is 13.1. The van der Waals surface area contributed by atoms with Crippen molar-refractivity contribution in [3.63, 3.8) is 0 Å². The van der Waals surface area contributed by atoms with Gasteiger partial charge >= 0.3 is 23.7 Å². The fourth-order valence-electron chi connectivity index (χ4n) is 4.07. The average Bonchev–Trinajstić information content (AvgIpc) is 3.15. The molecule has 0 unspecified atom stereocenters. The zero-order chi connectivity index (χ0) is 29.5. The van der Waals surface area contributed by atoms with Crippen LogP contribution in [0.5, 0.6) is 0 Å². The van der Waals surface area contributed by atoms with E-state index in [1.807, 2.05) is 0 Å². The molecular formula is C24H17F6N3O6S. The van der Waals surface area contributed by atoms with Gasteiger partial charge in [0.1, 0.15) is 6.54 Å². The predicted octanol–water partition coefficient (Wildman–Crippen LogP) is 4.15. The number of halogens is 6. The van der Waals surface area contributed by atoms with Crippen molar-refractivity contribution in [2.45, 2.75) is 29.5 Å². The summed E-state index contributed by atoms with van der Waals surface area (Å²) in [5.74, 6) is -3.06. The SMILES string of the molecule is O=C1CN(Cc2ccnc3cccc(CCOC(=O)C(F)(F)F)c23)C(=O)N1c1ccc(S(=O)(=O)C(F)(F)F)cc1. The van der Waals surface area contributed by atoms with Crippen LogP contribution in [0.15, 0.2) is 59.6 Å². The van der Waals surface area contributed by atoms with E-state index in [-0.39, 0.29) is 18.7 Å². The van der Waals surface area contributed by atoms with Crippen molar-refractivity contribution >= 4 is 44.3 Å². The van der Waals surface area contributed by atoms with Crippen molar-refractivity contribution in [2.24, 2.45) is 0 Å². The lowest BCUT2D eigenvalue weighted by atomic mass is 10.0. The first-order valence-electron chi connectivity index (χ1n) is 11.2. The number of pyridine rings is 1. The Morgan fingerprint density at radius 1 is 0.950 bits per heavy atom. The van der Waals surface area contributed by atoms with Crippen LogP contribution in [0, 0.1) is 0 Å². The highest BCUT2D eigenvalue weighted by molar-refractivity contribution is 7.92. The summed E-state index contributed by atoms with van der Waals surface area (Å²) in [6.07, 6.45) is -3.83.